The summed E-state index contributed by atoms with van der Waals surface area (Å²) in [7, 11) is 0. The van der Waals surface area contributed by atoms with Gasteiger partial charge in [-0.1, -0.05) is 167 Å². The fourth-order valence-electron chi connectivity index (χ4n) is 7.31. The maximum absolute atomic E-state index is 9.03. The minimum absolute atomic E-state index is 0. The first-order chi connectivity index (χ1) is 35.3. The Kier molecular flexibility index (Phi) is 6.33. The van der Waals surface area contributed by atoms with E-state index in [0.717, 1.165) is 21.9 Å². The standard InChI is InChI=1S/C53H41N5O.Pt/c1-35-48(56-34-57(47-26-15-14-25-46(47)56)52-41(37-17-8-6-9-18-37)22-16-23-42(52)38-19-10-7-11-20-38)33-50(36(2)55-35)59-40-27-28-44-43-21-12-13-24-45(43)58(49(44)32-40)51-31-39(29-30-54-51)53(3,4)5;/h6-31H,1-5H3;/q-2;/i1D3,2D3,6D,7D,8D,9D,10D,11D,17D,18D,19D,20D;. The zero-order valence-electron chi connectivity index (χ0n) is 48.2. The third-order valence-corrected chi connectivity index (χ3v) is 10.1. The van der Waals surface area contributed by atoms with Crippen LogP contribution in [0.4, 0.5) is 0 Å². The second-order valence-electron chi connectivity index (χ2n) is 14.8. The summed E-state index contributed by atoms with van der Waals surface area (Å²) in [6.07, 6.45) is 4.86. The molecule has 0 atom stereocenters. The first kappa shape index (κ1) is 24.5. The topological polar surface area (TPSA) is 48.8 Å². The van der Waals surface area contributed by atoms with E-state index in [1.165, 1.54) is 27.3 Å². The van der Waals surface area contributed by atoms with Crippen LogP contribution in [0.3, 0.4) is 0 Å². The van der Waals surface area contributed by atoms with Crippen LogP contribution < -0.4 is 9.30 Å². The molecular weight excluding hydrogens is 918 g/mol. The molecule has 4 heterocycles. The molecule has 0 aliphatic heterocycles. The molecule has 7 heteroatoms. The van der Waals surface area contributed by atoms with Gasteiger partial charge in [-0.15, -0.1) is 23.6 Å². The summed E-state index contributed by atoms with van der Waals surface area (Å²) in [5, 5.41) is 1.66. The van der Waals surface area contributed by atoms with Crippen molar-refractivity contribution in [1.82, 2.24) is 19.1 Å². The number of rotatable bonds is 7. The summed E-state index contributed by atoms with van der Waals surface area (Å²) in [5.74, 6) is 0.122. The fourth-order valence-corrected chi connectivity index (χ4v) is 7.31. The van der Waals surface area contributed by atoms with Crippen LogP contribution in [0.2, 0.25) is 0 Å². The number of ether oxygens (including phenoxy) is 1. The Labute approximate surface area is 387 Å². The Hall–Kier alpha value is -6.62. The molecule has 0 aliphatic rings. The smallest absolute Gasteiger partial charge is 0.268 e. The van der Waals surface area contributed by atoms with Crippen molar-refractivity contribution < 1.29 is 52.3 Å². The molecule has 10 rings (SSSR count). The molecule has 0 spiro atoms. The quantitative estimate of drug-likeness (QED) is 0.118. The molecule has 10 aromatic rings. The van der Waals surface area contributed by atoms with E-state index in [0.29, 0.717) is 11.3 Å². The molecule has 0 saturated heterocycles. The van der Waals surface area contributed by atoms with Gasteiger partial charge in [0.2, 0.25) is 0 Å². The Morgan fingerprint density at radius 2 is 1.40 bits per heavy atom. The molecule has 0 amide bonds. The van der Waals surface area contributed by atoms with E-state index in [2.05, 4.69) is 44.2 Å². The molecule has 0 radical (unpaired) electrons. The molecule has 4 aromatic heterocycles. The van der Waals surface area contributed by atoms with Gasteiger partial charge < -0.3 is 18.9 Å². The van der Waals surface area contributed by atoms with E-state index in [9.17, 15) is 0 Å². The third kappa shape index (κ3) is 6.81. The average Bonchev–Trinajstić information content (AvgIpc) is 3.94. The van der Waals surface area contributed by atoms with Gasteiger partial charge in [-0.3, -0.25) is 4.57 Å². The van der Waals surface area contributed by atoms with Crippen LogP contribution in [-0.4, -0.2) is 19.1 Å². The largest absolute Gasteiger partial charge is 0.508 e. The van der Waals surface area contributed by atoms with E-state index in [-0.39, 0.29) is 76.9 Å². The predicted octanol–water partition coefficient (Wildman–Crippen LogP) is 12.2. The molecule has 6 nitrogen and oxygen atoms in total. The van der Waals surface area contributed by atoms with E-state index in [1.54, 1.807) is 42.6 Å². The zero-order valence-corrected chi connectivity index (χ0v) is 34.5. The fraction of sp³-hybridized carbons (Fsp3) is 0.113. The van der Waals surface area contributed by atoms with Crippen LogP contribution in [0.25, 0.3) is 72.3 Å². The van der Waals surface area contributed by atoms with Crippen molar-refractivity contribution in [3.8, 4) is 50.9 Å². The Morgan fingerprint density at radius 3 is 2.10 bits per heavy atom. The van der Waals surface area contributed by atoms with Crippen molar-refractivity contribution in [3.05, 3.63) is 193 Å². The van der Waals surface area contributed by atoms with E-state index in [4.69, 9.17) is 31.7 Å². The van der Waals surface area contributed by atoms with Gasteiger partial charge in [0.05, 0.1) is 30.4 Å². The van der Waals surface area contributed by atoms with Crippen LogP contribution in [0.5, 0.6) is 11.5 Å². The number of aryl methyl sites for hydroxylation is 2. The van der Waals surface area contributed by atoms with Crippen LogP contribution in [0, 0.1) is 32.2 Å². The zero-order chi connectivity index (χ0) is 54.0. The number of fused-ring (bicyclic) bond motifs is 4. The monoisotopic (exact) mass is 974 g/mol. The van der Waals surface area contributed by atoms with Crippen LogP contribution in [0.15, 0.2) is 158 Å². The number of nitrogens with zero attached hydrogens (tertiary/aromatic N) is 5. The Balaban J connectivity index is 0.00000706. The third-order valence-electron chi connectivity index (χ3n) is 10.1. The number of hydrogen-bond donors (Lipinski definition) is 0. The number of aromatic nitrogens is 5. The first-order valence-electron chi connectivity index (χ1n) is 26.6. The Morgan fingerprint density at radius 1 is 0.717 bits per heavy atom. The summed E-state index contributed by atoms with van der Waals surface area (Å²) in [5.41, 5.74) is -0.0343. The second-order valence-corrected chi connectivity index (χ2v) is 14.8. The molecule has 60 heavy (non-hydrogen) atoms. The summed E-state index contributed by atoms with van der Waals surface area (Å²) in [6, 6.07) is 25.6. The van der Waals surface area contributed by atoms with Gasteiger partial charge >= 0.3 is 0 Å². The van der Waals surface area contributed by atoms with Gasteiger partial charge in [-0.05, 0) is 68.2 Å². The molecular formula is C53H41N5OPt-2. The Bertz CT molecular complexity index is 3880. The maximum atomic E-state index is 9.03. The number of hydrogen-bond acceptors (Lipinski definition) is 3. The number of imidazole rings is 1. The molecule has 0 bridgehead atoms. The normalized spacial score (nSPS) is 15.8. The number of para-hydroxylation sites is 4. The SMILES string of the molecule is [2H]c1c([2H])c([2H])c(-c2cccc(-c3c([2H])c([2H])c([2H])c([2H])c3[2H])c2-[n+]2[c-]n(-c3[c-]c(Oc4[c-]c5c(cc4)c4ccccc4n5-c4cc(C(C)(C)C)ccn4)c(C([2H])([2H])[2H])nc3C([2H])([2H])[2H])c3ccccc32)c([2H])c1[2H].[Pt]. The van der Waals surface area contributed by atoms with Crippen LogP contribution in [0.1, 0.15) is 59.7 Å². The van der Waals surface area contributed by atoms with Crippen molar-refractivity contribution in [2.45, 2.75) is 39.9 Å². The predicted molar refractivity (Wildman–Crippen MR) is 237 cm³/mol. The second kappa shape index (κ2) is 15.5. The van der Waals surface area contributed by atoms with Gasteiger partial charge in [0, 0.05) is 52.5 Å². The van der Waals surface area contributed by atoms with Gasteiger partial charge in [0.25, 0.3) is 6.33 Å². The molecule has 0 aliphatic carbocycles. The van der Waals surface area contributed by atoms with Crippen molar-refractivity contribution in [2.75, 3.05) is 0 Å². The van der Waals surface area contributed by atoms with Crippen molar-refractivity contribution in [1.29, 1.82) is 0 Å². The maximum Gasteiger partial charge on any atom is 0.268 e. The molecule has 6 aromatic carbocycles. The number of pyridine rings is 2. The van der Waals surface area contributed by atoms with Crippen molar-refractivity contribution in [2.24, 2.45) is 0 Å². The van der Waals surface area contributed by atoms with Crippen LogP contribution in [-0.2, 0) is 26.5 Å². The molecule has 296 valence electrons. The van der Waals surface area contributed by atoms with Gasteiger partial charge in [0.1, 0.15) is 5.82 Å². The number of benzene rings is 6. The minimum atomic E-state index is -3.11. The first-order valence-corrected chi connectivity index (χ1v) is 18.6. The van der Waals surface area contributed by atoms with E-state index in [1.807, 2.05) is 41.0 Å². The summed E-state index contributed by atoms with van der Waals surface area (Å²) >= 11 is 0. The van der Waals surface area contributed by atoms with Crippen molar-refractivity contribution in [3.63, 3.8) is 0 Å². The molecule has 0 unspecified atom stereocenters. The average molecular weight is 975 g/mol. The summed E-state index contributed by atoms with van der Waals surface area (Å²) in [4.78, 5) is 9.06. The van der Waals surface area contributed by atoms with Gasteiger partial charge in [-0.25, -0.2) is 4.98 Å². The minimum Gasteiger partial charge on any atom is -0.508 e. The van der Waals surface area contributed by atoms with Gasteiger partial charge in [-0.2, -0.15) is 6.07 Å². The van der Waals surface area contributed by atoms with E-state index < -0.39 is 91.3 Å². The van der Waals surface area contributed by atoms with Gasteiger partial charge in [0.15, 0.2) is 0 Å². The van der Waals surface area contributed by atoms with E-state index >= 15 is 0 Å². The van der Waals surface area contributed by atoms with Crippen LogP contribution >= 0.6 is 0 Å². The molecule has 0 N–H and O–H groups in total. The summed E-state index contributed by atoms with van der Waals surface area (Å²) in [6.45, 7) is 0.0972. The summed E-state index contributed by atoms with van der Waals surface area (Å²) < 4.78 is 150. The van der Waals surface area contributed by atoms with Crippen molar-refractivity contribution >= 4 is 32.8 Å². The molecule has 0 saturated carbocycles. The molecule has 0 fully saturated rings.